The maximum absolute atomic E-state index is 12.1. The average molecular weight is 511 g/mol. The molecule has 1 aliphatic rings. The van der Waals surface area contributed by atoms with Crippen molar-refractivity contribution in [2.24, 2.45) is 5.92 Å². The molecular weight excluding hydrogens is 468 g/mol. The highest BCUT2D eigenvalue weighted by Gasteiger charge is 2.29. The lowest BCUT2D eigenvalue weighted by atomic mass is 10.0. The molecule has 2 aromatic carbocycles. The molecule has 0 N–H and O–H groups in total. The molecule has 5 nitrogen and oxygen atoms in total. The first-order valence-corrected chi connectivity index (χ1v) is 16.2. The molecule has 0 aliphatic carbocycles. The molecule has 0 aromatic heterocycles. The van der Waals surface area contributed by atoms with Gasteiger partial charge < -0.3 is 18.9 Å². The van der Waals surface area contributed by atoms with Gasteiger partial charge in [0.25, 0.3) is 0 Å². The Morgan fingerprint density at radius 1 is 1.08 bits per heavy atom. The van der Waals surface area contributed by atoms with Crippen LogP contribution in [0.4, 0.5) is 0 Å². The third-order valence-electron chi connectivity index (χ3n) is 6.73. The first-order valence-electron chi connectivity index (χ1n) is 13.0. The van der Waals surface area contributed by atoms with Crippen molar-refractivity contribution < 1.29 is 23.7 Å². The molecular formula is C30H42O5Si. The zero-order valence-electron chi connectivity index (χ0n) is 22.8. The quantitative estimate of drug-likeness (QED) is 0.197. The number of hydrogen-bond acceptors (Lipinski definition) is 5. The van der Waals surface area contributed by atoms with Crippen molar-refractivity contribution in [2.45, 2.75) is 72.1 Å². The molecule has 0 radical (unpaired) electrons. The predicted octanol–water partition coefficient (Wildman–Crippen LogP) is 6.47. The fraction of sp³-hybridized carbons (Fsp3) is 0.500. The van der Waals surface area contributed by atoms with Crippen molar-refractivity contribution in [1.29, 1.82) is 0 Å². The first-order chi connectivity index (χ1) is 17.0. The number of esters is 1. The molecule has 0 atom stereocenters. The van der Waals surface area contributed by atoms with Gasteiger partial charge in [0.1, 0.15) is 12.4 Å². The van der Waals surface area contributed by atoms with E-state index in [0.717, 1.165) is 16.7 Å². The fourth-order valence-electron chi connectivity index (χ4n) is 4.19. The third kappa shape index (κ3) is 7.79. The minimum atomic E-state index is -1.42. The van der Waals surface area contributed by atoms with E-state index in [9.17, 15) is 4.79 Å². The van der Waals surface area contributed by atoms with E-state index in [4.69, 9.17) is 18.9 Å². The Kier molecular flexibility index (Phi) is 9.56. The van der Waals surface area contributed by atoms with Crippen molar-refractivity contribution in [1.82, 2.24) is 0 Å². The number of ether oxygens (including phenoxy) is 4. The van der Waals surface area contributed by atoms with Crippen LogP contribution in [0.5, 0.6) is 5.75 Å². The summed E-state index contributed by atoms with van der Waals surface area (Å²) in [5.41, 5.74) is 3.39. The van der Waals surface area contributed by atoms with E-state index in [-0.39, 0.29) is 12.5 Å². The van der Waals surface area contributed by atoms with Crippen LogP contribution < -0.4 is 9.92 Å². The van der Waals surface area contributed by atoms with Gasteiger partial charge in [-0.1, -0.05) is 81.0 Å². The topological polar surface area (TPSA) is 54.0 Å². The number of hydrogen-bond donors (Lipinski definition) is 0. The highest BCUT2D eigenvalue weighted by Crippen LogP contribution is 2.29. The van der Waals surface area contributed by atoms with Gasteiger partial charge in [-0.3, -0.25) is 0 Å². The Morgan fingerprint density at radius 3 is 2.33 bits per heavy atom. The van der Waals surface area contributed by atoms with Gasteiger partial charge in [-0.25, -0.2) is 4.79 Å². The van der Waals surface area contributed by atoms with Crippen molar-refractivity contribution in [3.05, 3.63) is 60.2 Å². The van der Waals surface area contributed by atoms with Gasteiger partial charge >= 0.3 is 5.97 Å². The maximum Gasteiger partial charge on any atom is 0.333 e. The Labute approximate surface area is 217 Å². The lowest BCUT2D eigenvalue weighted by Gasteiger charge is -2.34. The van der Waals surface area contributed by atoms with Gasteiger partial charge in [-0.05, 0) is 44.0 Å². The number of rotatable bonds is 11. The molecule has 2 aromatic rings. The highest BCUT2D eigenvalue weighted by atomic mass is 28.3. The summed E-state index contributed by atoms with van der Waals surface area (Å²) in [6.07, 6.45) is 2.52. The minimum absolute atomic E-state index is 0.120. The van der Waals surface area contributed by atoms with Crippen LogP contribution in [-0.4, -0.2) is 39.7 Å². The summed E-state index contributed by atoms with van der Waals surface area (Å²) in [6, 6.07) is 16.4. The molecule has 0 spiro atoms. The van der Waals surface area contributed by atoms with Crippen LogP contribution in [0.1, 0.15) is 46.1 Å². The average Bonchev–Trinajstić information content (AvgIpc) is 2.85. The largest absolute Gasteiger partial charge is 0.493 e. The van der Waals surface area contributed by atoms with Gasteiger partial charge in [0.2, 0.25) is 0 Å². The summed E-state index contributed by atoms with van der Waals surface area (Å²) in [7, 11) is -1.42. The second kappa shape index (κ2) is 12.2. The number of carbonyl (C=O) groups excluding carboxylic acids is 1. The standard InChI is InChI=1S/C30H42O5Si/c1-8-9-16-36(6,7)27-13-10-24(11-14-27)25-12-15-28(26(17-25)21-33-29(31)22(2)3)32-18-23-19-34-30(4,5)35-20-23/h10-15,17,23H,2,8-9,16,18-21H2,1,3-7H3. The lowest BCUT2D eigenvalue weighted by Crippen LogP contribution is -2.41. The normalized spacial score (nSPS) is 15.9. The Balaban J connectivity index is 1.77. The second-order valence-corrected chi connectivity index (χ2v) is 15.8. The summed E-state index contributed by atoms with van der Waals surface area (Å²) in [6.45, 7) is 18.0. The van der Waals surface area contributed by atoms with E-state index in [0.29, 0.717) is 31.1 Å². The van der Waals surface area contributed by atoms with E-state index >= 15 is 0 Å². The summed E-state index contributed by atoms with van der Waals surface area (Å²) in [4.78, 5) is 12.1. The fourth-order valence-corrected chi connectivity index (χ4v) is 6.78. The van der Waals surface area contributed by atoms with Crippen LogP contribution in [0, 0.1) is 5.92 Å². The van der Waals surface area contributed by atoms with Crippen LogP contribution in [0.15, 0.2) is 54.6 Å². The molecule has 3 rings (SSSR count). The van der Waals surface area contributed by atoms with Crippen molar-refractivity contribution in [3.8, 4) is 16.9 Å². The van der Waals surface area contributed by atoms with Gasteiger partial charge in [-0.15, -0.1) is 0 Å². The van der Waals surface area contributed by atoms with E-state index in [1.165, 1.54) is 24.1 Å². The van der Waals surface area contributed by atoms with Gasteiger partial charge in [-0.2, -0.15) is 0 Å². The molecule has 1 aliphatic heterocycles. The molecule has 0 amide bonds. The van der Waals surface area contributed by atoms with Crippen LogP contribution in [0.3, 0.4) is 0 Å². The molecule has 0 unspecified atom stereocenters. The third-order valence-corrected chi connectivity index (χ3v) is 10.2. The molecule has 0 bridgehead atoms. The SMILES string of the molecule is C=C(C)C(=O)OCc1cc(-c2ccc([Si](C)(C)CCCC)cc2)ccc1OCC1COC(C)(C)OC1. The lowest BCUT2D eigenvalue weighted by molar-refractivity contribution is -0.264. The molecule has 0 saturated carbocycles. The van der Waals surface area contributed by atoms with Gasteiger partial charge in [0, 0.05) is 17.1 Å². The molecule has 196 valence electrons. The maximum atomic E-state index is 12.1. The van der Waals surface area contributed by atoms with Crippen LogP contribution in [0.25, 0.3) is 11.1 Å². The van der Waals surface area contributed by atoms with E-state index in [2.05, 4.69) is 56.9 Å². The minimum Gasteiger partial charge on any atom is -0.493 e. The molecule has 6 heteroatoms. The predicted molar refractivity (Wildman–Crippen MR) is 148 cm³/mol. The Bertz CT molecular complexity index is 1030. The van der Waals surface area contributed by atoms with E-state index in [1.807, 2.05) is 26.0 Å². The summed E-state index contributed by atoms with van der Waals surface area (Å²) >= 11 is 0. The summed E-state index contributed by atoms with van der Waals surface area (Å²) in [5, 5.41) is 1.48. The van der Waals surface area contributed by atoms with Crippen molar-refractivity contribution >= 4 is 19.2 Å². The van der Waals surface area contributed by atoms with Crippen LogP contribution in [-0.2, 0) is 25.6 Å². The summed E-state index contributed by atoms with van der Waals surface area (Å²) < 4.78 is 23.2. The molecule has 1 fully saturated rings. The second-order valence-electron chi connectivity index (χ2n) is 10.9. The Hall–Kier alpha value is -2.41. The van der Waals surface area contributed by atoms with Crippen LogP contribution in [0.2, 0.25) is 19.1 Å². The monoisotopic (exact) mass is 510 g/mol. The zero-order valence-corrected chi connectivity index (χ0v) is 23.8. The van der Waals surface area contributed by atoms with E-state index in [1.54, 1.807) is 6.92 Å². The van der Waals surface area contributed by atoms with Gasteiger partial charge in [0.15, 0.2) is 5.79 Å². The highest BCUT2D eigenvalue weighted by molar-refractivity contribution is 6.89. The zero-order chi connectivity index (χ0) is 26.3. The number of unbranched alkanes of at least 4 members (excludes halogenated alkanes) is 1. The first kappa shape index (κ1) is 28.2. The molecule has 36 heavy (non-hydrogen) atoms. The number of benzene rings is 2. The molecule has 1 heterocycles. The Morgan fingerprint density at radius 2 is 1.72 bits per heavy atom. The van der Waals surface area contributed by atoms with Crippen molar-refractivity contribution in [2.75, 3.05) is 19.8 Å². The van der Waals surface area contributed by atoms with Crippen LogP contribution >= 0.6 is 0 Å². The molecule has 1 saturated heterocycles. The van der Waals surface area contributed by atoms with Crippen molar-refractivity contribution in [3.63, 3.8) is 0 Å². The summed E-state index contributed by atoms with van der Waals surface area (Å²) in [5.74, 6) is -0.131. The van der Waals surface area contributed by atoms with E-state index < -0.39 is 19.8 Å². The smallest absolute Gasteiger partial charge is 0.333 e. The van der Waals surface area contributed by atoms with Gasteiger partial charge in [0.05, 0.1) is 27.9 Å². The number of carbonyl (C=O) groups is 1.